The first kappa shape index (κ1) is 35.2. The predicted molar refractivity (Wildman–Crippen MR) is 176 cm³/mol. The van der Waals surface area contributed by atoms with Crippen LogP contribution in [0.3, 0.4) is 0 Å². The van der Waals surface area contributed by atoms with Crippen molar-refractivity contribution in [3.63, 3.8) is 0 Å². The van der Waals surface area contributed by atoms with Crippen LogP contribution >= 0.6 is 7.82 Å². The lowest BCUT2D eigenvalue weighted by molar-refractivity contribution is -0.171. The standard InChI is InChI=1S/C33H31N4O14P/c1-4-33(21-12-23-26-19(11-18-7-5-6-8-22(18)34-26)13-37(23)29(41)20(21)14-46-31(33)42)51-52(44,45)47-15-24-27(48-16(2)38)28(49-17(3)39)30(50-24)36-10-9-25(40)35-32(36)43/h5-12,24,27-28,30H,4,13-15H2,1-3H3,(H,44,45)(H,35,40,43)/t24-,27-,28-,30-,33+/m1/s1. The van der Waals surface area contributed by atoms with Gasteiger partial charge in [-0.15, -0.1) is 0 Å². The smallest absolute Gasteiger partial charge is 0.458 e. The van der Waals surface area contributed by atoms with Crippen LogP contribution in [0.1, 0.15) is 50.1 Å². The molecule has 52 heavy (non-hydrogen) atoms. The SMILES string of the molecule is CC[C@@]1(OP(=O)(O)OC[C@H]2O[C@@H](n3ccc(=O)[nH]c3=O)[C@H](OC(C)=O)[C@@H]2OC(C)=O)C(=O)OCc2c1cc1n(c2=O)Cc2cc3ccccc3nc2-1. The van der Waals surface area contributed by atoms with Gasteiger partial charge in [0.25, 0.3) is 11.1 Å². The summed E-state index contributed by atoms with van der Waals surface area (Å²) in [5.74, 6) is -2.75. The summed E-state index contributed by atoms with van der Waals surface area (Å²) in [6.07, 6.45) is -5.13. The number of pyridine rings is 2. The molecule has 6 atom stereocenters. The van der Waals surface area contributed by atoms with E-state index in [1.807, 2.05) is 35.3 Å². The van der Waals surface area contributed by atoms with Crippen LogP contribution in [0, 0.1) is 0 Å². The molecular weight excluding hydrogens is 707 g/mol. The first-order chi connectivity index (χ1) is 24.7. The number of hydrogen-bond acceptors (Lipinski definition) is 14. The summed E-state index contributed by atoms with van der Waals surface area (Å²) < 4.78 is 48.9. The van der Waals surface area contributed by atoms with Gasteiger partial charge in [0.1, 0.15) is 12.7 Å². The Hall–Kier alpha value is -5.26. The van der Waals surface area contributed by atoms with Crippen molar-refractivity contribution in [2.45, 2.75) is 70.5 Å². The average Bonchev–Trinajstić information content (AvgIpc) is 3.60. The van der Waals surface area contributed by atoms with Gasteiger partial charge in [0, 0.05) is 42.6 Å². The summed E-state index contributed by atoms with van der Waals surface area (Å²) in [6, 6.07) is 11.9. The third kappa shape index (κ3) is 6.07. The second-order valence-corrected chi connectivity index (χ2v) is 13.7. The van der Waals surface area contributed by atoms with Crippen molar-refractivity contribution in [3.05, 3.63) is 96.5 Å². The Kier molecular flexibility index (Phi) is 8.83. The largest absolute Gasteiger partial charge is 0.473 e. The number of hydrogen-bond donors (Lipinski definition) is 2. The van der Waals surface area contributed by atoms with Crippen LogP contribution in [0.4, 0.5) is 0 Å². The molecule has 7 rings (SSSR count). The van der Waals surface area contributed by atoms with Gasteiger partial charge in [-0.2, -0.15) is 0 Å². The van der Waals surface area contributed by atoms with E-state index >= 15 is 0 Å². The fraction of sp³-hybridized carbons (Fsp3) is 0.364. The van der Waals surface area contributed by atoms with Crippen LogP contribution in [0.15, 0.2) is 63.0 Å². The van der Waals surface area contributed by atoms with E-state index in [1.165, 1.54) is 17.6 Å². The maximum absolute atomic E-state index is 13.9. The van der Waals surface area contributed by atoms with E-state index in [9.17, 15) is 38.2 Å². The number of para-hydroxylation sites is 1. The van der Waals surface area contributed by atoms with E-state index in [0.29, 0.717) is 16.9 Å². The van der Waals surface area contributed by atoms with Crippen molar-refractivity contribution in [1.29, 1.82) is 0 Å². The zero-order valence-electron chi connectivity index (χ0n) is 27.8. The highest BCUT2D eigenvalue weighted by Gasteiger charge is 2.54. The molecule has 1 fully saturated rings. The van der Waals surface area contributed by atoms with E-state index in [2.05, 4.69) is 0 Å². The third-order valence-electron chi connectivity index (χ3n) is 9.07. The van der Waals surface area contributed by atoms with Gasteiger partial charge >= 0.3 is 31.4 Å². The molecule has 1 unspecified atom stereocenters. The zero-order chi connectivity index (χ0) is 37.1. The van der Waals surface area contributed by atoms with Crippen molar-refractivity contribution in [2.75, 3.05) is 6.61 Å². The molecule has 2 N–H and O–H groups in total. The first-order valence-electron chi connectivity index (χ1n) is 16.0. The number of carbonyl (C=O) groups is 3. The molecule has 0 spiro atoms. The van der Waals surface area contributed by atoms with E-state index < -0.39 is 85.9 Å². The Bertz CT molecular complexity index is 2390. The molecular formula is C33H31N4O14P. The number of phosphoric acid groups is 1. The number of cyclic esters (lactones) is 1. The van der Waals surface area contributed by atoms with Crippen molar-refractivity contribution >= 4 is 36.6 Å². The van der Waals surface area contributed by atoms with Gasteiger partial charge < -0.3 is 28.4 Å². The number of fused-ring (bicyclic) bond motifs is 5. The summed E-state index contributed by atoms with van der Waals surface area (Å²) in [5, 5.41) is 0.869. The molecule has 0 bridgehead atoms. The highest BCUT2D eigenvalue weighted by atomic mass is 31.2. The molecule has 0 saturated carbocycles. The fourth-order valence-electron chi connectivity index (χ4n) is 6.80. The van der Waals surface area contributed by atoms with Gasteiger partial charge in [-0.1, -0.05) is 25.1 Å². The van der Waals surface area contributed by atoms with Crippen LogP contribution in [0.25, 0.3) is 22.3 Å². The lowest BCUT2D eigenvalue weighted by atomic mass is 9.86. The number of ether oxygens (including phenoxy) is 4. The minimum Gasteiger partial charge on any atom is -0.458 e. The van der Waals surface area contributed by atoms with Crippen molar-refractivity contribution < 1.29 is 51.8 Å². The molecule has 0 radical (unpaired) electrons. The predicted octanol–water partition coefficient (Wildman–Crippen LogP) is 1.53. The molecule has 3 aromatic heterocycles. The minimum atomic E-state index is -5.31. The number of aromatic amines is 1. The molecule has 0 aliphatic carbocycles. The lowest BCUT2D eigenvalue weighted by Crippen LogP contribution is -2.46. The Morgan fingerprint density at radius 3 is 2.52 bits per heavy atom. The van der Waals surface area contributed by atoms with Gasteiger partial charge in [-0.3, -0.25) is 37.8 Å². The summed E-state index contributed by atoms with van der Waals surface area (Å²) in [6.45, 7) is 2.53. The molecule has 18 nitrogen and oxygen atoms in total. The molecule has 3 aliphatic heterocycles. The molecule has 1 saturated heterocycles. The second kappa shape index (κ2) is 13.1. The molecule has 272 valence electrons. The van der Waals surface area contributed by atoms with E-state index in [4.69, 9.17) is 33.0 Å². The second-order valence-electron chi connectivity index (χ2n) is 12.3. The lowest BCUT2D eigenvalue weighted by Gasteiger charge is -2.36. The maximum Gasteiger partial charge on any atom is 0.473 e. The van der Waals surface area contributed by atoms with Crippen LogP contribution in [-0.4, -0.2) is 66.8 Å². The molecule has 0 amide bonds. The summed E-state index contributed by atoms with van der Waals surface area (Å²) in [7, 11) is -5.31. The van der Waals surface area contributed by atoms with Crippen LogP contribution < -0.4 is 16.8 Å². The Morgan fingerprint density at radius 1 is 1.08 bits per heavy atom. The van der Waals surface area contributed by atoms with Gasteiger partial charge in [0.2, 0.25) is 5.60 Å². The van der Waals surface area contributed by atoms with Gasteiger partial charge in [-0.05, 0) is 24.6 Å². The third-order valence-corrected chi connectivity index (χ3v) is 10.1. The Morgan fingerprint density at radius 2 is 1.81 bits per heavy atom. The monoisotopic (exact) mass is 738 g/mol. The number of carbonyl (C=O) groups excluding carboxylic acids is 3. The summed E-state index contributed by atoms with van der Waals surface area (Å²) in [5.41, 5.74) is -2.12. The minimum absolute atomic E-state index is 0.00511. The molecule has 4 aromatic rings. The summed E-state index contributed by atoms with van der Waals surface area (Å²) in [4.78, 5) is 93.7. The number of H-pyrrole nitrogens is 1. The zero-order valence-corrected chi connectivity index (χ0v) is 28.7. The van der Waals surface area contributed by atoms with E-state index in [1.54, 1.807) is 0 Å². The van der Waals surface area contributed by atoms with E-state index in [-0.39, 0.29) is 24.1 Å². The Labute approximate surface area is 292 Å². The van der Waals surface area contributed by atoms with Gasteiger partial charge in [-0.25, -0.2) is 19.1 Å². The number of nitrogens with zero attached hydrogens (tertiary/aromatic N) is 3. The number of rotatable bonds is 9. The fourth-order valence-corrected chi connectivity index (χ4v) is 7.88. The van der Waals surface area contributed by atoms with Crippen LogP contribution in [0.2, 0.25) is 0 Å². The number of aromatic nitrogens is 4. The van der Waals surface area contributed by atoms with Crippen molar-refractivity contribution in [3.8, 4) is 11.4 Å². The molecule has 1 aromatic carbocycles. The summed E-state index contributed by atoms with van der Waals surface area (Å²) >= 11 is 0. The number of esters is 3. The number of benzene rings is 1. The van der Waals surface area contributed by atoms with Crippen molar-refractivity contribution in [2.24, 2.45) is 0 Å². The highest BCUT2D eigenvalue weighted by Crippen LogP contribution is 2.54. The average molecular weight is 739 g/mol. The molecule has 6 heterocycles. The normalized spacial score (nSPS) is 24.3. The van der Waals surface area contributed by atoms with Gasteiger partial charge in [0.05, 0.1) is 35.6 Å². The number of nitrogens with one attached hydrogen (secondary N) is 1. The van der Waals surface area contributed by atoms with E-state index in [0.717, 1.165) is 41.6 Å². The quantitative estimate of drug-likeness (QED) is 0.124. The van der Waals surface area contributed by atoms with Gasteiger partial charge in [0.15, 0.2) is 18.4 Å². The molecule has 19 heteroatoms. The highest BCUT2D eigenvalue weighted by molar-refractivity contribution is 7.47. The molecule has 3 aliphatic rings. The topological polar surface area (TPSA) is 234 Å². The van der Waals surface area contributed by atoms with Crippen LogP contribution in [0.5, 0.6) is 0 Å². The van der Waals surface area contributed by atoms with Crippen molar-refractivity contribution in [1.82, 2.24) is 19.1 Å². The van der Waals surface area contributed by atoms with Crippen LogP contribution in [-0.2, 0) is 65.7 Å². The maximum atomic E-state index is 13.9. The Balaban J connectivity index is 1.21. The first-order valence-corrected chi connectivity index (χ1v) is 17.5. The number of phosphoric ester groups is 1.